The topological polar surface area (TPSA) is 110 Å². The predicted molar refractivity (Wildman–Crippen MR) is 120 cm³/mol. The zero-order valence-electron chi connectivity index (χ0n) is 16.7. The molecule has 1 aliphatic rings. The van der Waals surface area contributed by atoms with Gasteiger partial charge in [0.2, 0.25) is 15.9 Å². The second kappa shape index (κ2) is 9.52. The summed E-state index contributed by atoms with van der Waals surface area (Å²) in [4.78, 5) is 23.4. The van der Waals surface area contributed by atoms with E-state index in [-0.39, 0.29) is 28.9 Å². The van der Waals surface area contributed by atoms with Gasteiger partial charge in [-0.3, -0.25) is 14.9 Å². The highest BCUT2D eigenvalue weighted by atomic mass is 35.5. The van der Waals surface area contributed by atoms with Crippen molar-refractivity contribution in [1.82, 2.24) is 4.31 Å². The summed E-state index contributed by atoms with van der Waals surface area (Å²) >= 11 is 11.9. The lowest BCUT2D eigenvalue weighted by Gasteiger charge is -2.31. The average molecular weight is 486 g/mol. The van der Waals surface area contributed by atoms with Crippen molar-refractivity contribution in [2.45, 2.75) is 25.5 Å². The molecule has 3 rings (SSSR count). The van der Waals surface area contributed by atoms with Crippen LogP contribution in [0.1, 0.15) is 24.0 Å². The third kappa shape index (κ3) is 5.54. The zero-order chi connectivity index (χ0) is 22.8. The third-order valence-corrected chi connectivity index (χ3v) is 7.80. The Kier molecular flexibility index (Phi) is 7.20. The van der Waals surface area contributed by atoms with E-state index in [0.29, 0.717) is 41.2 Å². The number of amides is 1. The first kappa shape index (κ1) is 23.5. The van der Waals surface area contributed by atoms with Crippen molar-refractivity contribution in [3.05, 3.63) is 67.7 Å². The van der Waals surface area contributed by atoms with Gasteiger partial charge < -0.3 is 5.32 Å². The maximum Gasteiger partial charge on any atom is 0.274 e. The highest BCUT2D eigenvalue weighted by molar-refractivity contribution is 7.88. The van der Waals surface area contributed by atoms with E-state index in [4.69, 9.17) is 23.2 Å². The van der Waals surface area contributed by atoms with Gasteiger partial charge in [-0.25, -0.2) is 12.7 Å². The van der Waals surface area contributed by atoms with Gasteiger partial charge in [-0.15, -0.1) is 0 Å². The summed E-state index contributed by atoms with van der Waals surface area (Å²) in [6.45, 7) is 1.93. The number of nitrogens with one attached hydrogen (secondary N) is 1. The Balaban J connectivity index is 1.71. The number of carbonyl (C=O) groups is 1. The van der Waals surface area contributed by atoms with Crippen LogP contribution >= 0.6 is 23.2 Å². The van der Waals surface area contributed by atoms with Crippen LogP contribution in [0, 0.1) is 23.0 Å². The van der Waals surface area contributed by atoms with E-state index in [1.54, 1.807) is 25.1 Å². The number of piperidine rings is 1. The number of hydrogen-bond donors (Lipinski definition) is 1. The lowest BCUT2D eigenvalue weighted by atomic mass is 9.98. The molecule has 0 radical (unpaired) electrons. The van der Waals surface area contributed by atoms with Crippen LogP contribution in [-0.4, -0.2) is 36.6 Å². The number of carbonyl (C=O) groups excluding carboxylic acids is 1. The molecule has 2 aromatic carbocycles. The summed E-state index contributed by atoms with van der Waals surface area (Å²) in [6, 6.07) is 9.11. The molecule has 0 saturated carbocycles. The standard InChI is InChI=1S/C20H21Cl2N3O5S/c1-13-18(5-2-6-19(13)25(27)28)23-20(26)15-4-3-9-24(11-15)31(29,30)12-14-7-8-16(21)17(22)10-14/h2,5-8,10,15H,3-4,9,11-12H2,1H3,(H,23,26)/t15-/m0/s1. The second-order valence-corrected chi connectivity index (χ2v) is 10.2. The minimum atomic E-state index is -3.67. The number of benzene rings is 2. The zero-order valence-corrected chi connectivity index (χ0v) is 19.0. The summed E-state index contributed by atoms with van der Waals surface area (Å²) in [7, 11) is -3.67. The van der Waals surface area contributed by atoms with Crippen LogP contribution in [0.5, 0.6) is 0 Å². The van der Waals surface area contributed by atoms with Crippen LogP contribution in [0.2, 0.25) is 10.0 Å². The maximum atomic E-state index is 12.9. The van der Waals surface area contributed by atoms with Crippen LogP contribution < -0.4 is 5.32 Å². The lowest BCUT2D eigenvalue weighted by Crippen LogP contribution is -2.44. The van der Waals surface area contributed by atoms with E-state index in [9.17, 15) is 23.3 Å². The van der Waals surface area contributed by atoms with Crippen molar-refractivity contribution >= 4 is 50.5 Å². The molecule has 1 fully saturated rings. The molecular formula is C20H21Cl2N3O5S. The number of nitrogens with zero attached hydrogens (tertiary/aromatic N) is 2. The molecule has 31 heavy (non-hydrogen) atoms. The lowest BCUT2D eigenvalue weighted by molar-refractivity contribution is -0.385. The smallest absolute Gasteiger partial charge is 0.274 e. The molecule has 1 N–H and O–H groups in total. The van der Waals surface area contributed by atoms with Crippen molar-refractivity contribution in [3.8, 4) is 0 Å². The Morgan fingerprint density at radius 2 is 2.00 bits per heavy atom. The minimum absolute atomic E-state index is 0.0451. The average Bonchev–Trinajstić information content (AvgIpc) is 2.72. The number of nitro benzene ring substituents is 1. The van der Waals surface area contributed by atoms with Gasteiger partial charge in [0, 0.05) is 19.2 Å². The molecule has 0 aliphatic carbocycles. The maximum absolute atomic E-state index is 12.9. The van der Waals surface area contributed by atoms with E-state index in [2.05, 4.69) is 5.32 Å². The summed E-state index contributed by atoms with van der Waals surface area (Å²) < 4.78 is 27.1. The Bertz CT molecular complexity index is 1120. The highest BCUT2D eigenvalue weighted by Gasteiger charge is 2.33. The van der Waals surface area contributed by atoms with E-state index in [1.807, 2.05) is 0 Å². The molecule has 1 heterocycles. The number of nitro groups is 1. The van der Waals surface area contributed by atoms with E-state index < -0.39 is 20.9 Å². The summed E-state index contributed by atoms with van der Waals surface area (Å²) in [5.41, 5.74) is 1.11. The second-order valence-electron chi connectivity index (χ2n) is 7.40. The normalized spacial score (nSPS) is 17.3. The van der Waals surface area contributed by atoms with Gasteiger partial charge in [0.1, 0.15) is 0 Å². The molecule has 8 nitrogen and oxygen atoms in total. The Labute approximate surface area is 190 Å². The molecule has 0 bridgehead atoms. The Morgan fingerprint density at radius 3 is 2.68 bits per heavy atom. The molecule has 0 spiro atoms. The van der Waals surface area contributed by atoms with Crippen LogP contribution in [0.4, 0.5) is 11.4 Å². The number of hydrogen-bond acceptors (Lipinski definition) is 5. The van der Waals surface area contributed by atoms with Crippen molar-refractivity contribution in [3.63, 3.8) is 0 Å². The van der Waals surface area contributed by atoms with Crippen LogP contribution in [0.25, 0.3) is 0 Å². The van der Waals surface area contributed by atoms with E-state index in [0.717, 1.165) is 0 Å². The third-order valence-electron chi connectivity index (χ3n) is 5.24. The molecule has 1 amide bonds. The first-order valence-electron chi connectivity index (χ1n) is 9.55. The highest BCUT2D eigenvalue weighted by Crippen LogP contribution is 2.28. The van der Waals surface area contributed by atoms with Crippen molar-refractivity contribution < 1.29 is 18.1 Å². The van der Waals surface area contributed by atoms with Gasteiger partial charge >= 0.3 is 0 Å². The van der Waals surface area contributed by atoms with Crippen molar-refractivity contribution in [2.24, 2.45) is 5.92 Å². The Morgan fingerprint density at radius 1 is 1.26 bits per heavy atom. The van der Waals surface area contributed by atoms with Gasteiger partial charge in [0.25, 0.3) is 5.69 Å². The molecule has 0 unspecified atom stereocenters. The molecule has 1 atom stereocenters. The first-order chi connectivity index (χ1) is 14.6. The van der Waals surface area contributed by atoms with Gasteiger partial charge in [-0.05, 0) is 43.5 Å². The fourth-order valence-electron chi connectivity index (χ4n) is 3.53. The molecule has 1 saturated heterocycles. The molecule has 166 valence electrons. The monoisotopic (exact) mass is 485 g/mol. The minimum Gasteiger partial charge on any atom is -0.325 e. The van der Waals surface area contributed by atoms with Gasteiger partial charge in [-0.2, -0.15) is 0 Å². The molecule has 0 aromatic heterocycles. The van der Waals surface area contributed by atoms with Crippen LogP contribution in [0.15, 0.2) is 36.4 Å². The van der Waals surface area contributed by atoms with Crippen LogP contribution in [-0.2, 0) is 20.6 Å². The number of halogens is 2. The quantitative estimate of drug-likeness (QED) is 0.481. The summed E-state index contributed by atoms with van der Waals surface area (Å²) in [5, 5.41) is 14.4. The fourth-order valence-corrected chi connectivity index (χ4v) is 5.45. The number of rotatable bonds is 6. The largest absolute Gasteiger partial charge is 0.325 e. The molecule has 2 aromatic rings. The van der Waals surface area contributed by atoms with Gasteiger partial charge in [0.15, 0.2) is 0 Å². The van der Waals surface area contributed by atoms with Crippen molar-refractivity contribution in [1.29, 1.82) is 0 Å². The summed E-state index contributed by atoms with van der Waals surface area (Å²) in [5.74, 6) is -1.17. The van der Waals surface area contributed by atoms with Crippen molar-refractivity contribution in [2.75, 3.05) is 18.4 Å². The SMILES string of the molecule is Cc1c(NC(=O)[C@H]2CCCN(S(=O)(=O)Cc3ccc(Cl)c(Cl)c3)C2)cccc1[N+](=O)[O-]. The van der Waals surface area contributed by atoms with Gasteiger partial charge in [-0.1, -0.05) is 35.3 Å². The van der Waals surface area contributed by atoms with E-state index >= 15 is 0 Å². The number of sulfonamides is 1. The first-order valence-corrected chi connectivity index (χ1v) is 11.9. The van der Waals surface area contributed by atoms with E-state index in [1.165, 1.54) is 22.5 Å². The molecule has 11 heteroatoms. The molecular weight excluding hydrogens is 465 g/mol. The fraction of sp³-hybridized carbons (Fsp3) is 0.350. The Hall–Kier alpha value is -2.20. The molecule has 1 aliphatic heterocycles. The number of anilines is 1. The van der Waals surface area contributed by atoms with Gasteiger partial charge in [0.05, 0.1) is 37.9 Å². The predicted octanol–water partition coefficient (Wildman–Crippen LogP) is 4.39. The summed E-state index contributed by atoms with van der Waals surface area (Å²) in [6.07, 6.45) is 1.06. The van der Waals surface area contributed by atoms with Crippen LogP contribution in [0.3, 0.4) is 0 Å².